The van der Waals surface area contributed by atoms with E-state index in [-0.39, 0.29) is 11.9 Å². The van der Waals surface area contributed by atoms with Gasteiger partial charge in [-0.05, 0) is 18.4 Å². The first kappa shape index (κ1) is 14.0. The van der Waals surface area contributed by atoms with E-state index in [1.54, 1.807) is 0 Å². The molecule has 0 saturated carbocycles. The average Bonchev–Trinajstić information content (AvgIpc) is 2.47. The van der Waals surface area contributed by atoms with E-state index in [0.29, 0.717) is 6.61 Å². The van der Waals surface area contributed by atoms with E-state index in [1.807, 2.05) is 30.3 Å². The molecule has 0 bridgehead atoms. The van der Waals surface area contributed by atoms with Crippen LogP contribution in [0, 0.1) is 5.92 Å². The number of carbonyl (C=O) groups is 1. The summed E-state index contributed by atoms with van der Waals surface area (Å²) in [4.78, 5) is 12.0. The molecule has 0 atom stereocenters. The summed E-state index contributed by atoms with van der Waals surface area (Å²) in [6.45, 7) is 5.23. The molecule has 1 saturated heterocycles. The number of hydrazine groups is 1. The number of piperidine rings is 1. The van der Waals surface area contributed by atoms with Gasteiger partial charge in [0.2, 0.25) is 0 Å². The Morgan fingerprint density at radius 1 is 1.32 bits per heavy atom. The zero-order valence-electron chi connectivity index (χ0n) is 11.5. The number of rotatable bonds is 5. The second-order valence-corrected chi connectivity index (χ2v) is 4.87. The van der Waals surface area contributed by atoms with Gasteiger partial charge in [0, 0.05) is 19.6 Å². The molecule has 104 valence electrons. The Balaban J connectivity index is 1.73. The molecule has 0 aliphatic carbocycles. The van der Waals surface area contributed by atoms with Crippen molar-refractivity contribution in [3.63, 3.8) is 0 Å². The van der Waals surface area contributed by atoms with Gasteiger partial charge in [-0.1, -0.05) is 37.3 Å². The number of benzene rings is 1. The van der Waals surface area contributed by atoms with Crippen molar-refractivity contribution in [3.05, 3.63) is 35.9 Å². The quantitative estimate of drug-likeness (QED) is 0.824. The summed E-state index contributed by atoms with van der Waals surface area (Å²) in [6.07, 6.45) is 1.75. The Kier molecular flexibility index (Phi) is 5.36. The van der Waals surface area contributed by atoms with Crippen molar-refractivity contribution in [2.24, 2.45) is 5.92 Å². The molecular formula is C15H22N2O2. The van der Waals surface area contributed by atoms with Crippen molar-refractivity contribution >= 4 is 5.97 Å². The molecule has 1 aliphatic rings. The number of nitrogens with one attached hydrogen (secondary N) is 1. The van der Waals surface area contributed by atoms with Crippen LogP contribution in [0.4, 0.5) is 0 Å². The van der Waals surface area contributed by atoms with E-state index in [4.69, 9.17) is 4.74 Å². The molecule has 1 N–H and O–H groups in total. The predicted octanol–water partition coefficient (Wildman–Crippen LogP) is 1.97. The van der Waals surface area contributed by atoms with Gasteiger partial charge in [-0.15, -0.1) is 0 Å². The van der Waals surface area contributed by atoms with Gasteiger partial charge in [-0.3, -0.25) is 10.2 Å². The minimum absolute atomic E-state index is 0.0543. The van der Waals surface area contributed by atoms with Gasteiger partial charge in [0.15, 0.2) is 0 Å². The van der Waals surface area contributed by atoms with Crippen molar-refractivity contribution in [1.82, 2.24) is 10.4 Å². The van der Waals surface area contributed by atoms with Gasteiger partial charge in [-0.2, -0.15) is 0 Å². The highest BCUT2D eigenvalue weighted by Gasteiger charge is 2.25. The Morgan fingerprint density at radius 3 is 2.63 bits per heavy atom. The number of hydrogen-bond donors (Lipinski definition) is 1. The molecule has 2 rings (SSSR count). The molecule has 0 radical (unpaired) electrons. The van der Waals surface area contributed by atoms with E-state index < -0.39 is 0 Å². The number of esters is 1. The molecule has 0 spiro atoms. The van der Waals surface area contributed by atoms with E-state index in [9.17, 15) is 4.79 Å². The fourth-order valence-corrected chi connectivity index (χ4v) is 2.34. The highest BCUT2D eigenvalue weighted by atomic mass is 16.5. The van der Waals surface area contributed by atoms with Gasteiger partial charge >= 0.3 is 5.97 Å². The maximum absolute atomic E-state index is 12.0. The van der Waals surface area contributed by atoms with Crippen LogP contribution in [0.3, 0.4) is 0 Å². The fourth-order valence-electron chi connectivity index (χ4n) is 2.34. The molecule has 1 aromatic carbocycles. The molecule has 1 aliphatic heterocycles. The number of ether oxygens (including phenoxy) is 1. The van der Waals surface area contributed by atoms with Gasteiger partial charge in [0.1, 0.15) is 6.61 Å². The van der Waals surface area contributed by atoms with Crippen LogP contribution in [-0.2, 0) is 16.1 Å². The molecule has 1 fully saturated rings. The maximum Gasteiger partial charge on any atom is 0.309 e. The zero-order valence-corrected chi connectivity index (χ0v) is 11.5. The van der Waals surface area contributed by atoms with Crippen LogP contribution in [0.2, 0.25) is 0 Å². The second-order valence-electron chi connectivity index (χ2n) is 4.87. The molecule has 1 aromatic rings. The molecule has 0 aromatic heterocycles. The largest absolute Gasteiger partial charge is 0.461 e. The average molecular weight is 262 g/mol. The third-order valence-corrected chi connectivity index (χ3v) is 3.43. The summed E-state index contributed by atoms with van der Waals surface area (Å²) in [6, 6.07) is 9.82. The van der Waals surface area contributed by atoms with Crippen LogP contribution in [0.1, 0.15) is 25.3 Å². The Bertz CT molecular complexity index is 386. The van der Waals surface area contributed by atoms with Crippen molar-refractivity contribution in [1.29, 1.82) is 0 Å². The topological polar surface area (TPSA) is 41.6 Å². The lowest BCUT2D eigenvalue weighted by Gasteiger charge is -2.30. The third-order valence-electron chi connectivity index (χ3n) is 3.43. The Morgan fingerprint density at radius 2 is 2.00 bits per heavy atom. The van der Waals surface area contributed by atoms with Gasteiger partial charge in [0.25, 0.3) is 0 Å². The summed E-state index contributed by atoms with van der Waals surface area (Å²) in [7, 11) is 0. The third kappa shape index (κ3) is 4.33. The number of hydrogen-bond acceptors (Lipinski definition) is 4. The van der Waals surface area contributed by atoms with E-state index in [1.165, 1.54) is 0 Å². The number of carbonyl (C=O) groups excluding carboxylic acids is 1. The van der Waals surface area contributed by atoms with Crippen molar-refractivity contribution in [2.45, 2.75) is 26.4 Å². The predicted molar refractivity (Wildman–Crippen MR) is 74.2 cm³/mol. The first-order chi connectivity index (χ1) is 9.29. The molecular weight excluding hydrogens is 240 g/mol. The van der Waals surface area contributed by atoms with Crippen LogP contribution < -0.4 is 5.43 Å². The zero-order chi connectivity index (χ0) is 13.5. The summed E-state index contributed by atoms with van der Waals surface area (Å²) in [5.41, 5.74) is 4.33. The molecule has 0 amide bonds. The Hall–Kier alpha value is -1.39. The minimum atomic E-state index is -0.0556. The first-order valence-electron chi connectivity index (χ1n) is 6.98. The first-order valence-corrected chi connectivity index (χ1v) is 6.98. The maximum atomic E-state index is 12.0. The highest BCUT2D eigenvalue weighted by Crippen LogP contribution is 2.18. The van der Waals surface area contributed by atoms with E-state index in [0.717, 1.165) is 38.0 Å². The van der Waals surface area contributed by atoms with Crippen LogP contribution in [0.5, 0.6) is 0 Å². The lowest BCUT2D eigenvalue weighted by molar-refractivity contribution is -0.151. The Labute approximate surface area is 114 Å². The van der Waals surface area contributed by atoms with Gasteiger partial charge in [0.05, 0.1) is 5.92 Å². The van der Waals surface area contributed by atoms with Crippen molar-refractivity contribution in [3.8, 4) is 0 Å². The molecule has 0 unspecified atom stereocenters. The summed E-state index contributed by atoms with van der Waals surface area (Å²) in [5, 5.41) is 2.18. The summed E-state index contributed by atoms with van der Waals surface area (Å²) < 4.78 is 5.38. The fraction of sp³-hybridized carbons (Fsp3) is 0.533. The van der Waals surface area contributed by atoms with Crippen LogP contribution in [0.15, 0.2) is 30.3 Å². The molecule has 4 heteroatoms. The highest BCUT2D eigenvalue weighted by molar-refractivity contribution is 5.72. The lowest BCUT2D eigenvalue weighted by Crippen LogP contribution is -2.44. The SMILES string of the molecule is CCNN1CCC(C(=O)OCc2ccccc2)CC1. The monoisotopic (exact) mass is 262 g/mol. The summed E-state index contributed by atoms with van der Waals surface area (Å²) >= 11 is 0. The molecule has 19 heavy (non-hydrogen) atoms. The van der Waals surface area contributed by atoms with Crippen molar-refractivity contribution in [2.75, 3.05) is 19.6 Å². The lowest BCUT2D eigenvalue weighted by atomic mass is 9.98. The van der Waals surface area contributed by atoms with E-state index in [2.05, 4.69) is 17.4 Å². The summed E-state index contributed by atoms with van der Waals surface area (Å²) in [5.74, 6) is -0.00128. The van der Waals surface area contributed by atoms with Gasteiger partial charge in [-0.25, -0.2) is 5.01 Å². The van der Waals surface area contributed by atoms with Gasteiger partial charge < -0.3 is 4.74 Å². The number of nitrogens with zero attached hydrogens (tertiary/aromatic N) is 1. The van der Waals surface area contributed by atoms with Crippen molar-refractivity contribution < 1.29 is 9.53 Å². The van der Waals surface area contributed by atoms with Crippen LogP contribution >= 0.6 is 0 Å². The smallest absolute Gasteiger partial charge is 0.309 e. The normalized spacial score (nSPS) is 17.3. The standard InChI is InChI=1S/C15H22N2O2/c1-2-16-17-10-8-14(9-11-17)15(18)19-12-13-6-4-3-5-7-13/h3-7,14,16H,2,8-12H2,1H3. The van der Waals surface area contributed by atoms with Crippen LogP contribution in [0.25, 0.3) is 0 Å². The van der Waals surface area contributed by atoms with E-state index >= 15 is 0 Å². The minimum Gasteiger partial charge on any atom is -0.461 e. The molecule has 4 nitrogen and oxygen atoms in total. The van der Waals surface area contributed by atoms with Crippen LogP contribution in [-0.4, -0.2) is 30.6 Å². The second kappa shape index (κ2) is 7.26. The molecule has 1 heterocycles.